The second-order valence-electron chi connectivity index (χ2n) is 1.15. The quantitative estimate of drug-likeness (QED) is 0.255. The molecule has 0 fully saturated rings. The van der Waals surface area contributed by atoms with Gasteiger partial charge in [0.1, 0.15) is 0 Å². The molecule has 0 aromatic heterocycles. The SMILES string of the molecule is CC(=O)O[O-].CC(=O)O[O-].[Zn+2]. The Kier molecular flexibility index (Phi) is 18.7. The van der Waals surface area contributed by atoms with Crippen molar-refractivity contribution >= 4 is 11.9 Å². The van der Waals surface area contributed by atoms with Crippen LogP contribution in [0.4, 0.5) is 0 Å². The molecule has 0 saturated heterocycles. The summed E-state index contributed by atoms with van der Waals surface area (Å²) >= 11 is 0. The maximum atomic E-state index is 9.28. The fourth-order valence-electron chi connectivity index (χ4n) is 0. The standard InChI is InChI=1S/2C2H4O3.Zn/c2*1-2(3)5-4;/h2*4H,1H3;/q;;+2/p-2. The van der Waals surface area contributed by atoms with Crippen molar-refractivity contribution in [2.24, 2.45) is 0 Å². The van der Waals surface area contributed by atoms with E-state index < -0.39 is 11.9 Å². The van der Waals surface area contributed by atoms with Gasteiger partial charge < -0.3 is 20.3 Å². The average molecular weight is 215 g/mol. The van der Waals surface area contributed by atoms with E-state index in [1.165, 1.54) is 0 Å². The maximum Gasteiger partial charge on any atom is 2.00 e. The molecule has 0 N–H and O–H groups in total. The Balaban J connectivity index is -0.000000107. The third-order valence-electron chi connectivity index (χ3n) is 0.235. The molecule has 0 rings (SSSR count). The third-order valence-corrected chi connectivity index (χ3v) is 0.235. The van der Waals surface area contributed by atoms with E-state index >= 15 is 0 Å². The summed E-state index contributed by atoms with van der Waals surface area (Å²) in [5.74, 6) is -1.60. The smallest absolute Gasteiger partial charge is 0.662 e. The molecule has 0 atom stereocenters. The Bertz CT molecular complexity index is 99.1. The van der Waals surface area contributed by atoms with Crippen molar-refractivity contribution < 1.29 is 49.4 Å². The first-order valence-corrected chi connectivity index (χ1v) is 2.15. The van der Waals surface area contributed by atoms with E-state index in [0.29, 0.717) is 0 Å². The number of hydrogen-bond acceptors (Lipinski definition) is 6. The van der Waals surface area contributed by atoms with Crippen molar-refractivity contribution in [1.82, 2.24) is 0 Å². The zero-order valence-corrected chi connectivity index (χ0v) is 9.12. The van der Waals surface area contributed by atoms with Crippen molar-refractivity contribution in [3.63, 3.8) is 0 Å². The minimum atomic E-state index is -0.801. The molecule has 0 saturated carbocycles. The van der Waals surface area contributed by atoms with Gasteiger partial charge >= 0.3 is 19.5 Å². The Morgan fingerprint density at radius 2 is 1.09 bits per heavy atom. The first-order valence-electron chi connectivity index (χ1n) is 2.15. The van der Waals surface area contributed by atoms with Crippen LogP contribution in [0.1, 0.15) is 13.8 Å². The molecule has 7 heteroatoms. The summed E-state index contributed by atoms with van der Waals surface area (Å²) in [6, 6.07) is 0. The van der Waals surface area contributed by atoms with Crippen LogP contribution in [0.15, 0.2) is 0 Å². The first kappa shape index (κ1) is 16.8. The topological polar surface area (TPSA) is 98.7 Å². The van der Waals surface area contributed by atoms with Crippen molar-refractivity contribution in [2.75, 3.05) is 0 Å². The molecule has 0 heterocycles. The van der Waals surface area contributed by atoms with Gasteiger partial charge in [0.25, 0.3) is 11.9 Å². The summed E-state index contributed by atoms with van der Waals surface area (Å²) in [4.78, 5) is 24.3. The van der Waals surface area contributed by atoms with E-state index in [2.05, 4.69) is 9.78 Å². The monoisotopic (exact) mass is 214 g/mol. The maximum absolute atomic E-state index is 9.28. The van der Waals surface area contributed by atoms with Crippen LogP contribution in [-0.2, 0) is 38.8 Å². The van der Waals surface area contributed by atoms with Crippen LogP contribution >= 0.6 is 0 Å². The fourth-order valence-corrected chi connectivity index (χ4v) is 0. The molecule has 0 unspecified atom stereocenters. The van der Waals surface area contributed by atoms with E-state index in [1.54, 1.807) is 0 Å². The molecule has 60 valence electrons. The molecular formula is C4H6O6Zn. The van der Waals surface area contributed by atoms with Crippen LogP contribution in [-0.4, -0.2) is 11.9 Å². The minimum Gasteiger partial charge on any atom is -0.662 e. The van der Waals surface area contributed by atoms with E-state index in [-0.39, 0.29) is 19.5 Å². The van der Waals surface area contributed by atoms with Crippen molar-refractivity contribution in [3.05, 3.63) is 0 Å². The molecule has 0 bridgehead atoms. The number of hydrogen-bond donors (Lipinski definition) is 0. The van der Waals surface area contributed by atoms with Crippen molar-refractivity contribution in [2.45, 2.75) is 13.8 Å². The molecule has 0 aliphatic heterocycles. The van der Waals surface area contributed by atoms with Gasteiger partial charge in [-0.05, 0) is 0 Å². The summed E-state index contributed by atoms with van der Waals surface area (Å²) in [5.41, 5.74) is 0. The number of rotatable bonds is 0. The van der Waals surface area contributed by atoms with Gasteiger partial charge in [-0.2, -0.15) is 0 Å². The summed E-state index contributed by atoms with van der Waals surface area (Å²) in [5, 5.41) is 17.6. The van der Waals surface area contributed by atoms with Gasteiger partial charge in [0.15, 0.2) is 0 Å². The zero-order chi connectivity index (χ0) is 8.57. The Hall–Kier alpha value is -0.517. The van der Waals surface area contributed by atoms with Gasteiger partial charge in [0, 0.05) is 13.8 Å². The molecule has 11 heavy (non-hydrogen) atoms. The Labute approximate surface area is 75.7 Å². The Morgan fingerprint density at radius 1 is 1.00 bits per heavy atom. The predicted molar refractivity (Wildman–Crippen MR) is 23.5 cm³/mol. The number of carbonyl (C=O) groups is 2. The summed E-state index contributed by atoms with van der Waals surface area (Å²) in [7, 11) is 0. The summed E-state index contributed by atoms with van der Waals surface area (Å²) in [6.45, 7) is 2.10. The fraction of sp³-hybridized carbons (Fsp3) is 0.500. The molecule has 6 nitrogen and oxygen atoms in total. The van der Waals surface area contributed by atoms with Gasteiger partial charge in [-0.3, -0.25) is 9.59 Å². The molecule has 0 amide bonds. The van der Waals surface area contributed by atoms with E-state index in [9.17, 15) is 9.59 Å². The van der Waals surface area contributed by atoms with Crippen LogP contribution in [0.25, 0.3) is 0 Å². The van der Waals surface area contributed by atoms with Crippen LogP contribution in [0.3, 0.4) is 0 Å². The van der Waals surface area contributed by atoms with Crippen molar-refractivity contribution in [3.8, 4) is 0 Å². The van der Waals surface area contributed by atoms with E-state index in [4.69, 9.17) is 10.5 Å². The second kappa shape index (κ2) is 12.2. The molecule has 0 aromatic carbocycles. The van der Waals surface area contributed by atoms with Crippen LogP contribution < -0.4 is 10.5 Å². The van der Waals surface area contributed by atoms with Gasteiger partial charge in [0.2, 0.25) is 0 Å². The minimum absolute atomic E-state index is 0. The summed E-state index contributed by atoms with van der Waals surface area (Å²) < 4.78 is 0. The second-order valence-corrected chi connectivity index (χ2v) is 1.15. The number of carbonyl (C=O) groups excluding carboxylic acids is 2. The Morgan fingerprint density at radius 3 is 1.09 bits per heavy atom. The van der Waals surface area contributed by atoms with Gasteiger partial charge in [-0.1, -0.05) is 0 Å². The van der Waals surface area contributed by atoms with Crippen LogP contribution in [0.2, 0.25) is 0 Å². The largest absolute Gasteiger partial charge is 2.00 e. The normalized spacial score (nSPS) is 6.18. The average Bonchev–Trinajstić information content (AvgIpc) is 1.89. The van der Waals surface area contributed by atoms with Gasteiger partial charge in [0.05, 0.1) is 0 Å². The van der Waals surface area contributed by atoms with E-state index in [0.717, 1.165) is 13.8 Å². The van der Waals surface area contributed by atoms with E-state index in [1.807, 2.05) is 0 Å². The zero-order valence-electron chi connectivity index (χ0n) is 6.16. The molecule has 0 aromatic rings. The molecular weight excluding hydrogens is 209 g/mol. The first-order chi connectivity index (χ1) is 4.54. The molecule has 0 radical (unpaired) electrons. The van der Waals surface area contributed by atoms with Crippen molar-refractivity contribution in [1.29, 1.82) is 0 Å². The van der Waals surface area contributed by atoms with Gasteiger partial charge in [-0.15, -0.1) is 0 Å². The van der Waals surface area contributed by atoms with Crippen LogP contribution in [0, 0.1) is 0 Å². The molecule has 0 aliphatic carbocycles. The predicted octanol–water partition coefficient (Wildman–Crippen LogP) is -2.35. The molecule has 0 aliphatic rings. The third kappa shape index (κ3) is 43.8. The molecule has 0 spiro atoms. The van der Waals surface area contributed by atoms with Crippen LogP contribution in [0.5, 0.6) is 0 Å². The van der Waals surface area contributed by atoms with Gasteiger partial charge in [-0.25, -0.2) is 0 Å². The summed E-state index contributed by atoms with van der Waals surface area (Å²) in [6.07, 6.45) is 0.